The van der Waals surface area contributed by atoms with Gasteiger partial charge in [-0.25, -0.2) is 4.39 Å². The Balaban J connectivity index is 1.78. The van der Waals surface area contributed by atoms with Crippen molar-refractivity contribution in [2.45, 2.75) is 0 Å². The second kappa shape index (κ2) is 3.60. The lowest BCUT2D eigenvalue weighted by molar-refractivity contribution is 0.260. The minimum atomic E-state index is -0.216. The van der Waals surface area contributed by atoms with E-state index in [0.29, 0.717) is 28.5 Å². The highest BCUT2D eigenvalue weighted by Crippen LogP contribution is 2.52. The highest BCUT2D eigenvalue weighted by atomic mass is 35.5. The monoisotopic (exact) mass is 241 g/mol. The van der Waals surface area contributed by atoms with Gasteiger partial charge in [-0.1, -0.05) is 11.6 Å². The third-order valence-corrected chi connectivity index (χ3v) is 4.07. The number of hydrogen-bond donors (Lipinski definition) is 1. The molecule has 1 aromatic rings. The minimum absolute atomic E-state index is 0.216. The molecular weight excluding hydrogens is 229 g/mol. The molecule has 0 radical (unpaired) electrons. The summed E-state index contributed by atoms with van der Waals surface area (Å²) in [6, 6.07) is 4.65. The van der Waals surface area contributed by atoms with Gasteiger partial charge in [0.2, 0.25) is 0 Å². The zero-order valence-electron chi connectivity index (χ0n) is 8.74. The maximum absolute atomic E-state index is 13.6. The third-order valence-electron chi connectivity index (χ3n) is 3.83. The lowest BCUT2D eigenvalue weighted by Gasteiger charge is -2.22. The third kappa shape index (κ3) is 1.50. The Hall–Kier alpha value is -0.800. The Kier molecular flexibility index (Phi) is 2.33. The van der Waals surface area contributed by atoms with E-state index in [1.54, 1.807) is 12.1 Å². The van der Waals surface area contributed by atoms with Crippen molar-refractivity contribution in [1.29, 1.82) is 0 Å². The van der Waals surface area contributed by atoms with Crippen LogP contribution in [0.25, 0.3) is 0 Å². The molecule has 1 heterocycles. The van der Waals surface area contributed by atoms with Crippen molar-refractivity contribution in [1.82, 2.24) is 0 Å². The molecule has 4 heteroatoms. The molecule has 1 unspecified atom stereocenters. The van der Waals surface area contributed by atoms with Crippen molar-refractivity contribution in [2.75, 3.05) is 24.6 Å². The van der Waals surface area contributed by atoms with E-state index in [1.165, 1.54) is 6.07 Å². The van der Waals surface area contributed by atoms with Gasteiger partial charge in [-0.3, -0.25) is 0 Å². The fourth-order valence-corrected chi connectivity index (χ4v) is 3.01. The Morgan fingerprint density at radius 1 is 1.38 bits per heavy atom. The van der Waals surface area contributed by atoms with Gasteiger partial charge in [0.05, 0.1) is 5.69 Å². The van der Waals surface area contributed by atoms with Crippen LogP contribution in [0.1, 0.15) is 0 Å². The van der Waals surface area contributed by atoms with Crippen molar-refractivity contribution >= 4 is 17.3 Å². The predicted octanol–water partition coefficient (Wildman–Crippen LogP) is 2.15. The van der Waals surface area contributed by atoms with Crippen LogP contribution >= 0.6 is 11.6 Å². The van der Waals surface area contributed by atoms with E-state index in [4.69, 9.17) is 16.7 Å². The van der Waals surface area contributed by atoms with Gasteiger partial charge in [-0.05, 0) is 36.0 Å². The summed E-state index contributed by atoms with van der Waals surface area (Å²) in [5.41, 5.74) is 0.594. The van der Waals surface area contributed by atoms with Crippen LogP contribution in [0.15, 0.2) is 18.2 Å². The van der Waals surface area contributed by atoms with Gasteiger partial charge in [0, 0.05) is 24.7 Å². The van der Waals surface area contributed by atoms with Crippen LogP contribution < -0.4 is 4.90 Å². The Morgan fingerprint density at radius 2 is 2.06 bits per heavy atom. The van der Waals surface area contributed by atoms with E-state index in [2.05, 4.69) is 0 Å². The zero-order valence-corrected chi connectivity index (χ0v) is 9.49. The molecule has 3 atom stereocenters. The molecule has 1 aliphatic carbocycles. The molecular formula is C12H13ClFNO. The molecule has 3 rings (SSSR count). The molecule has 2 aliphatic rings. The number of nitrogens with zero attached hydrogens (tertiary/aromatic N) is 1. The summed E-state index contributed by atoms with van der Waals surface area (Å²) in [4.78, 5) is 2.03. The number of aliphatic hydroxyl groups is 1. The molecule has 0 bridgehead atoms. The molecule has 0 aromatic heterocycles. The van der Waals surface area contributed by atoms with E-state index in [0.717, 1.165) is 13.1 Å². The molecule has 0 spiro atoms. The number of piperidine rings is 1. The lowest BCUT2D eigenvalue weighted by atomic mass is 10.2. The van der Waals surface area contributed by atoms with E-state index in [1.807, 2.05) is 4.90 Å². The van der Waals surface area contributed by atoms with Gasteiger partial charge in [-0.15, -0.1) is 0 Å². The highest BCUT2D eigenvalue weighted by molar-refractivity contribution is 6.30. The fourth-order valence-electron chi connectivity index (χ4n) is 2.85. The number of hydrogen-bond acceptors (Lipinski definition) is 2. The largest absolute Gasteiger partial charge is 0.396 e. The number of benzene rings is 1. The number of aliphatic hydroxyl groups excluding tert-OH is 1. The molecule has 2 fully saturated rings. The Morgan fingerprint density at radius 3 is 2.69 bits per heavy atom. The highest BCUT2D eigenvalue weighted by Gasteiger charge is 2.55. The van der Waals surface area contributed by atoms with E-state index < -0.39 is 0 Å². The van der Waals surface area contributed by atoms with Crippen molar-refractivity contribution < 1.29 is 9.50 Å². The molecule has 86 valence electrons. The molecule has 0 amide bonds. The standard InChI is InChI=1S/C12H13ClFNO/c13-7-1-2-11(14)12(3-7)15-4-8-9(5-15)10(8)6-16/h1-3,8-10,16H,4-6H2/t8-,9+,10?. The normalized spacial score (nSPS) is 31.7. The summed E-state index contributed by atoms with van der Waals surface area (Å²) in [6.45, 7) is 1.95. The average Bonchev–Trinajstić information content (AvgIpc) is 2.74. The molecule has 16 heavy (non-hydrogen) atoms. The number of halogens is 2. The smallest absolute Gasteiger partial charge is 0.146 e. The van der Waals surface area contributed by atoms with Crippen molar-refractivity contribution in [3.8, 4) is 0 Å². The molecule has 1 saturated heterocycles. The van der Waals surface area contributed by atoms with Crippen molar-refractivity contribution in [3.63, 3.8) is 0 Å². The second-order valence-corrected chi connectivity index (χ2v) is 5.11. The van der Waals surface area contributed by atoms with Crippen LogP contribution in [0.5, 0.6) is 0 Å². The van der Waals surface area contributed by atoms with Gasteiger partial charge in [0.1, 0.15) is 5.82 Å². The fraction of sp³-hybridized carbons (Fsp3) is 0.500. The predicted molar refractivity (Wildman–Crippen MR) is 61.2 cm³/mol. The van der Waals surface area contributed by atoms with Crippen LogP contribution in [0, 0.1) is 23.6 Å². The van der Waals surface area contributed by atoms with Crippen molar-refractivity contribution in [3.05, 3.63) is 29.0 Å². The Bertz CT molecular complexity index is 413. The first-order valence-corrected chi connectivity index (χ1v) is 5.89. The topological polar surface area (TPSA) is 23.5 Å². The van der Waals surface area contributed by atoms with Gasteiger partial charge < -0.3 is 10.0 Å². The second-order valence-electron chi connectivity index (χ2n) is 4.67. The Labute approximate surface area is 98.6 Å². The molecule has 2 nitrogen and oxygen atoms in total. The summed E-state index contributed by atoms with van der Waals surface area (Å²) in [5, 5.41) is 9.62. The number of fused-ring (bicyclic) bond motifs is 1. The van der Waals surface area contributed by atoms with Crippen LogP contribution in [0.3, 0.4) is 0 Å². The maximum atomic E-state index is 13.6. The number of rotatable bonds is 2. The first-order chi connectivity index (χ1) is 7.70. The van der Waals surface area contributed by atoms with Crippen LogP contribution in [-0.2, 0) is 0 Å². The van der Waals surface area contributed by atoms with E-state index in [9.17, 15) is 4.39 Å². The van der Waals surface area contributed by atoms with Gasteiger partial charge in [-0.2, -0.15) is 0 Å². The van der Waals surface area contributed by atoms with Crippen LogP contribution in [-0.4, -0.2) is 24.8 Å². The maximum Gasteiger partial charge on any atom is 0.146 e. The zero-order chi connectivity index (χ0) is 11.3. The van der Waals surface area contributed by atoms with Crippen molar-refractivity contribution in [2.24, 2.45) is 17.8 Å². The molecule has 1 aliphatic heterocycles. The van der Waals surface area contributed by atoms with Gasteiger partial charge >= 0.3 is 0 Å². The van der Waals surface area contributed by atoms with Gasteiger partial charge in [0.25, 0.3) is 0 Å². The van der Waals surface area contributed by atoms with Crippen LogP contribution in [0.2, 0.25) is 5.02 Å². The summed E-state index contributed by atoms with van der Waals surface area (Å²) in [5.74, 6) is 1.32. The SMILES string of the molecule is OCC1[C@H]2CN(c3cc(Cl)ccc3F)C[C@@H]12. The first-order valence-electron chi connectivity index (χ1n) is 5.51. The summed E-state index contributed by atoms with van der Waals surface area (Å²) < 4.78 is 13.6. The average molecular weight is 242 g/mol. The molecule has 1 saturated carbocycles. The van der Waals surface area contributed by atoms with Gasteiger partial charge in [0.15, 0.2) is 0 Å². The lowest BCUT2D eigenvalue weighted by Crippen LogP contribution is -2.25. The first kappa shape index (κ1) is 10.4. The molecule has 1 N–H and O–H groups in total. The molecule has 1 aromatic carbocycles. The van der Waals surface area contributed by atoms with Crippen LogP contribution in [0.4, 0.5) is 10.1 Å². The quantitative estimate of drug-likeness (QED) is 0.858. The van der Waals surface area contributed by atoms with E-state index >= 15 is 0 Å². The minimum Gasteiger partial charge on any atom is -0.396 e. The van der Waals surface area contributed by atoms with E-state index in [-0.39, 0.29) is 12.4 Å². The summed E-state index contributed by atoms with van der Waals surface area (Å²) >= 11 is 5.87. The summed E-state index contributed by atoms with van der Waals surface area (Å²) in [6.07, 6.45) is 0. The number of anilines is 1. The summed E-state index contributed by atoms with van der Waals surface area (Å²) in [7, 11) is 0.